The van der Waals surface area contributed by atoms with Crippen molar-refractivity contribution in [2.75, 3.05) is 18.2 Å². The van der Waals surface area contributed by atoms with Gasteiger partial charge in [-0.05, 0) is 36.2 Å². The van der Waals surface area contributed by atoms with Crippen molar-refractivity contribution in [3.63, 3.8) is 0 Å². The zero-order valence-electron chi connectivity index (χ0n) is 15.5. The third-order valence-corrected chi connectivity index (χ3v) is 5.67. The van der Waals surface area contributed by atoms with Gasteiger partial charge >= 0.3 is 0 Å². The molecule has 0 saturated carbocycles. The quantitative estimate of drug-likeness (QED) is 0.647. The molecule has 0 saturated heterocycles. The number of hydrogen-bond acceptors (Lipinski definition) is 5. The van der Waals surface area contributed by atoms with Crippen molar-refractivity contribution in [1.29, 1.82) is 0 Å². The zero-order valence-corrected chi connectivity index (χ0v) is 17.1. The minimum atomic E-state index is -3.51. The van der Waals surface area contributed by atoms with Crippen LogP contribution in [0.2, 0.25) is 5.02 Å². The molecule has 8 heteroatoms. The van der Waals surface area contributed by atoms with Crippen LogP contribution in [0.5, 0.6) is 0 Å². The van der Waals surface area contributed by atoms with Crippen LogP contribution >= 0.6 is 11.6 Å². The maximum Gasteiger partial charge on any atom is 0.258 e. The van der Waals surface area contributed by atoms with Crippen molar-refractivity contribution in [1.82, 2.24) is 10.2 Å². The van der Waals surface area contributed by atoms with Gasteiger partial charge in [0, 0.05) is 29.5 Å². The van der Waals surface area contributed by atoms with Gasteiger partial charge in [-0.15, -0.1) is 0 Å². The maximum absolute atomic E-state index is 13.1. The summed E-state index contributed by atoms with van der Waals surface area (Å²) < 4.78 is 23.7. The summed E-state index contributed by atoms with van der Waals surface area (Å²) in [6.07, 6.45) is 4.17. The molecule has 0 bridgehead atoms. The van der Waals surface area contributed by atoms with Crippen LogP contribution in [0.15, 0.2) is 59.8 Å². The summed E-state index contributed by atoms with van der Waals surface area (Å²) in [5.74, 6) is -0.407. The third kappa shape index (κ3) is 4.05. The fourth-order valence-electron chi connectivity index (χ4n) is 2.87. The molecule has 3 aromatic rings. The lowest BCUT2D eigenvalue weighted by Crippen LogP contribution is -2.27. The second-order valence-corrected chi connectivity index (χ2v) is 8.87. The predicted octanol–water partition coefficient (Wildman–Crippen LogP) is 3.79. The van der Waals surface area contributed by atoms with Crippen LogP contribution in [0.1, 0.15) is 15.9 Å². The van der Waals surface area contributed by atoms with E-state index >= 15 is 0 Å². The Morgan fingerprint density at radius 1 is 1.04 bits per heavy atom. The standard InChI is InChI=1S/C20H18ClN3O3S/c1-13-6-4-5-7-17(13)18-11-22-23-12-19(18)24(2)20(25)14-8-15(21)10-16(9-14)28(3,26)27/h4-12H,1-3H3. The van der Waals surface area contributed by atoms with E-state index in [9.17, 15) is 13.2 Å². The van der Waals surface area contributed by atoms with Gasteiger partial charge in [-0.1, -0.05) is 35.9 Å². The minimum Gasteiger partial charge on any atom is -0.309 e. The van der Waals surface area contributed by atoms with Crippen LogP contribution in [0, 0.1) is 6.92 Å². The summed E-state index contributed by atoms with van der Waals surface area (Å²) in [5, 5.41) is 8.03. The molecule has 1 aromatic heterocycles. The molecule has 144 valence electrons. The molecule has 3 rings (SSSR count). The fourth-order valence-corrected chi connectivity index (χ4v) is 3.85. The lowest BCUT2D eigenvalue weighted by Gasteiger charge is -2.21. The van der Waals surface area contributed by atoms with E-state index in [0.29, 0.717) is 5.69 Å². The van der Waals surface area contributed by atoms with Gasteiger partial charge in [-0.25, -0.2) is 8.42 Å². The molecular weight excluding hydrogens is 398 g/mol. The lowest BCUT2D eigenvalue weighted by molar-refractivity contribution is 0.0993. The van der Waals surface area contributed by atoms with E-state index in [1.54, 1.807) is 13.2 Å². The summed E-state index contributed by atoms with van der Waals surface area (Å²) in [6.45, 7) is 1.97. The first kappa shape index (κ1) is 20.0. The smallest absolute Gasteiger partial charge is 0.258 e. The van der Waals surface area contributed by atoms with E-state index in [1.165, 1.54) is 29.3 Å². The highest BCUT2D eigenvalue weighted by Crippen LogP contribution is 2.32. The number of benzene rings is 2. The topological polar surface area (TPSA) is 80.2 Å². The molecule has 0 N–H and O–H groups in total. The average molecular weight is 416 g/mol. The SMILES string of the molecule is Cc1ccccc1-c1cnncc1N(C)C(=O)c1cc(Cl)cc(S(C)(=O)=O)c1. The van der Waals surface area contributed by atoms with Gasteiger partial charge in [0.2, 0.25) is 0 Å². The number of halogens is 1. The number of aryl methyl sites for hydroxylation is 1. The van der Waals surface area contributed by atoms with Crippen LogP contribution in [-0.2, 0) is 9.84 Å². The largest absolute Gasteiger partial charge is 0.309 e. The molecule has 0 radical (unpaired) electrons. The zero-order chi connectivity index (χ0) is 20.5. The molecule has 2 aromatic carbocycles. The monoisotopic (exact) mass is 415 g/mol. The normalized spacial score (nSPS) is 11.3. The highest BCUT2D eigenvalue weighted by Gasteiger charge is 2.21. The highest BCUT2D eigenvalue weighted by molar-refractivity contribution is 7.90. The second kappa shape index (κ2) is 7.69. The molecule has 0 aliphatic carbocycles. The van der Waals surface area contributed by atoms with Crippen LogP contribution in [0.25, 0.3) is 11.1 Å². The summed E-state index contributed by atoms with van der Waals surface area (Å²) in [5.41, 5.74) is 3.42. The van der Waals surface area contributed by atoms with Gasteiger partial charge in [-0.2, -0.15) is 10.2 Å². The highest BCUT2D eigenvalue weighted by atomic mass is 35.5. The van der Waals surface area contributed by atoms with Crippen molar-refractivity contribution in [3.8, 4) is 11.1 Å². The molecule has 0 aliphatic rings. The first-order valence-corrected chi connectivity index (χ1v) is 10.6. The first-order chi connectivity index (χ1) is 13.2. The van der Waals surface area contributed by atoms with Crippen LogP contribution in [0.3, 0.4) is 0 Å². The maximum atomic E-state index is 13.1. The van der Waals surface area contributed by atoms with Crippen molar-refractivity contribution in [2.24, 2.45) is 0 Å². The van der Waals surface area contributed by atoms with Crippen LogP contribution < -0.4 is 4.90 Å². The summed E-state index contributed by atoms with van der Waals surface area (Å²) in [6, 6.07) is 11.8. The molecule has 0 fully saturated rings. The summed E-state index contributed by atoms with van der Waals surface area (Å²) >= 11 is 6.04. The Hall–Kier alpha value is -2.77. The first-order valence-electron chi connectivity index (χ1n) is 8.34. The lowest BCUT2D eigenvalue weighted by atomic mass is 10.0. The van der Waals surface area contributed by atoms with E-state index in [-0.39, 0.29) is 15.5 Å². The number of hydrogen-bond donors (Lipinski definition) is 0. The van der Waals surface area contributed by atoms with Crippen LogP contribution in [0.4, 0.5) is 5.69 Å². The van der Waals surface area contributed by atoms with Gasteiger partial charge in [0.15, 0.2) is 9.84 Å². The average Bonchev–Trinajstić information content (AvgIpc) is 2.66. The molecule has 0 spiro atoms. The van der Waals surface area contributed by atoms with Crippen molar-refractivity contribution < 1.29 is 13.2 Å². The number of carbonyl (C=O) groups excluding carboxylic acids is 1. The Balaban J connectivity index is 2.07. The van der Waals surface area contributed by atoms with Crippen molar-refractivity contribution in [3.05, 3.63) is 71.0 Å². The number of anilines is 1. The van der Waals surface area contributed by atoms with Crippen molar-refractivity contribution in [2.45, 2.75) is 11.8 Å². The van der Waals surface area contributed by atoms with Gasteiger partial charge in [0.05, 0.1) is 23.0 Å². The van der Waals surface area contributed by atoms with Gasteiger partial charge in [0.1, 0.15) is 0 Å². The minimum absolute atomic E-state index is 0.0104. The van der Waals surface area contributed by atoms with E-state index in [0.717, 1.165) is 22.9 Å². The molecule has 0 atom stereocenters. The van der Waals surface area contributed by atoms with E-state index < -0.39 is 15.7 Å². The Morgan fingerprint density at radius 3 is 2.39 bits per heavy atom. The molecular formula is C20H18ClN3O3S. The fraction of sp³-hybridized carbons (Fsp3) is 0.150. The Bertz CT molecular complexity index is 1160. The molecule has 28 heavy (non-hydrogen) atoms. The molecule has 6 nitrogen and oxygen atoms in total. The molecule has 0 aliphatic heterocycles. The number of nitrogens with zero attached hydrogens (tertiary/aromatic N) is 3. The predicted molar refractivity (Wildman–Crippen MR) is 110 cm³/mol. The van der Waals surface area contributed by atoms with Gasteiger partial charge in [-0.3, -0.25) is 4.79 Å². The number of sulfone groups is 1. The second-order valence-electron chi connectivity index (χ2n) is 6.41. The molecule has 0 unspecified atom stereocenters. The third-order valence-electron chi connectivity index (χ3n) is 4.36. The number of aromatic nitrogens is 2. The van der Waals surface area contributed by atoms with Gasteiger partial charge < -0.3 is 4.90 Å². The van der Waals surface area contributed by atoms with Crippen LogP contribution in [-0.4, -0.2) is 37.8 Å². The number of rotatable bonds is 4. The van der Waals surface area contributed by atoms with Crippen molar-refractivity contribution >= 4 is 33.0 Å². The van der Waals surface area contributed by atoms with Gasteiger partial charge in [0.25, 0.3) is 5.91 Å². The van der Waals surface area contributed by atoms with E-state index in [2.05, 4.69) is 10.2 Å². The van der Waals surface area contributed by atoms with E-state index in [1.807, 2.05) is 31.2 Å². The number of carbonyl (C=O) groups is 1. The Labute approximate surface area is 168 Å². The Kier molecular flexibility index (Phi) is 5.49. The van der Waals surface area contributed by atoms with E-state index in [4.69, 9.17) is 11.6 Å². The summed E-state index contributed by atoms with van der Waals surface area (Å²) in [4.78, 5) is 14.5. The Morgan fingerprint density at radius 2 is 1.71 bits per heavy atom. The number of amides is 1. The summed E-state index contributed by atoms with van der Waals surface area (Å²) in [7, 11) is -1.91. The molecule has 1 heterocycles. The molecule has 1 amide bonds.